The minimum atomic E-state index is 0. The van der Waals surface area contributed by atoms with E-state index in [4.69, 9.17) is 0 Å². The lowest BCUT2D eigenvalue weighted by molar-refractivity contribution is -0.116. The molecule has 2 heterocycles. The van der Waals surface area contributed by atoms with Crippen LogP contribution in [0.25, 0.3) is 0 Å². The number of rotatable bonds is 1. The molecule has 120 valence electrons. The number of amides is 2. The van der Waals surface area contributed by atoms with Crippen LogP contribution in [0, 0.1) is 0 Å². The second-order valence-corrected chi connectivity index (χ2v) is 5.66. The maximum atomic E-state index is 12.6. The summed E-state index contributed by atoms with van der Waals surface area (Å²) < 4.78 is 0. The van der Waals surface area contributed by atoms with E-state index in [-0.39, 0.29) is 24.2 Å². The number of carbonyl (C=O) groups excluding carboxylic acids is 2. The number of benzene rings is 1. The maximum absolute atomic E-state index is 12.6. The van der Waals surface area contributed by atoms with Gasteiger partial charge in [-0.2, -0.15) is 0 Å². The third-order valence-corrected chi connectivity index (χ3v) is 4.23. The van der Waals surface area contributed by atoms with Gasteiger partial charge in [0.25, 0.3) is 5.91 Å². The average Bonchev–Trinajstić information content (AvgIpc) is 2.72. The quantitative estimate of drug-likeness (QED) is 0.851. The molecule has 1 saturated heterocycles. The van der Waals surface area contributed by atoms with E-state index in [0.29, 0.717) is 0 Å². The van der Waals surface area contributed by atoms with Crippen molar-refractivity contribution < 1.29 is 9.59 Å². The maximum Gasteiger partial charge on any atom is 0.253 e. The summed E-state index contributed by atoms with van der Waals surface area (Å²) in [5, 5.41) is 3.31. The van der Waals surface area contributed by atoms with Gasteiger partial charge < -0.3 is 15.1 Å². The highest BCUT2D eigenvalue weighted by molar-refractivity contribution is 5.97. The molecule has 2 aliphatic rings. The smallest absolute Gasteiger partial charge is 0.253 e. The molecule has 0 bridgehead atoms. The standard InChI is InChI=1S/C16H21N3O2.ClH/c1-12(20)19-9-5-13-11-14(3-4-15(13)19)16(21)18-8-2-6-17-7-10-18;/h3-4,11,17H,2,5-10H2,1H3;1H. The molecule has 6 heteroatoms. The second kappa shape index (κ2) is 7.11. The van der Waals surface area contributed by atoms with Crippen LogP contribution in [-0.2, 0) is 11.2 Å². The molecule has 0 atom stereocenters. The summed E-state index contributed by atoms with van der Waals surface area (Å²) in [6, 6.07) is 5.71. The average molecular weight is 324 g/mol. The Bertz CT molecular complexity index is 569. The van der Waals surface area contributed by atoms with Crippen molar-refractivity contribution in [2.45, 2.75) is 19.8 Å². The zero-order valence-electron chi connectivity index (χ0n) is 12.8. The topological polar surface area (TPSA) is 52.7 Å². The zero-order valence-corrected chi connectivity index (χ0v) is 13.6. The Balaban J connectivity index is 0.00000176. The Morgan fingerprint density at radius 2 is 1.95 bits per heavy atom. The predicted octanol–water partition coefficient (Wildman–Crippen LogP) is 1.45. The van der Waals surface area contributed by atoms with E-state index in [1.807, 2.05) is 23.1 Å². The highest BCUT2D eigenvalue weighted by Crippen LogP contribution is 2.29. The van der Waals surface area contributed by atoms with Gasteiger partial charge >= 0.3 is 0 Å². The molecule has 0 radical (unpaired) electrons. The van der Waals surface area contributed by atoms with Gasteiger partial charge in [0.1, 0.15) is 0 Å². The number of carbonyl (C=O) groups is 2. The molecule has 3 rings (SSSR count). The summed E-state index contributed by atoms with van der Waals surface area (Å²) in [4.78, 5) is 27.8. The van der Waals surface area contributed by atoms with Crippen LogP contribution in [0.5, 0.6) is 0 Å². The Morgan fingerprint density at radius 3 is 2.73 bits per heavy atom. The fourth-order valence-corrected chi connectivity index (χ4v) is 3.09. The second-order valence-electron chi connectivity index (χ2n) is 5.66. The van der Waals surface area contributed by atoms with E-state index in [1.165, 1.54) is 0 Å². The van der Waals surface area contributed by atoms with Crippen LogP contribution in [0.1, 0.15) is 29.3 Å². The number of fused-ring (bicyclic) bond motifs is 1. The number of anilines is 1. The number of halogens is 1. The number of hydrogen-bond donors (Lipinski definition) is 1. The first kappa shape index (κ1) is 16.8. The van der Waals surface area contributed by atoms with E-state index in [9.17, 15) is 9.59 Å². The van der Waals surface area contributed by atoms with Gasteiger partial charge in [-0.3, -0.25) is 9.59 Å². The van der Waals surface area contributed by atoms with E-state index in [1.54, 1.807) is 11.8 Å². The highest BCUT2D eigenvalue weighted by atomic mass is 35.5. The van der Waals surface area contributed by atoms with Crippen molar-refractivity contribution in [3.63, 3.8) is 0 Å². The Kier molecular flexibility index (Phi) is 5.42. The molecule has 1 fully saturated rings. The summed E-state index contributed by atoms with van der Waals surface area (Å²) in [5.74, 6) is 0.161. The molecule has 0 unspecified atom stereocenters. The lowest BCUT2D eigenvalue weighted by atomic mass is 10.1. The molecule has 0 saturated carbocycles. The lowest BCUT2D eigenvalue weighted by Gasteiger charge is -2.20. The third-order valence-electron chi connectivity index (χ3n) is 4.23. The van der Waals surface area contributed by atoms with Crippen LogP contribution in [0.3, 0.4) is 0 Å². The van der Waals surface area contributed by atoms with Gasteiger partial charge in [0.2, 0.25) is 5.91 Å². The molecule has 2 amide bonds. The van der Waals surface area contributed by atoms with E-state index in [2.05, 4.69) is 5.32 Å². The van der Waals surface area contributed by atoms with Gasteiger partial charge in [-0.05, 0) is 43.1 Å². The van der Waals surface area contributed by atoms with Gasteiger partial charge in [-0.15, -0.1) is 12.4 Å². The van der Waals surface area contributed by atoms with Crippen molar-refractivity contribution in [1.29, 1.82) is 0 Å². The van der Waals surface area contributed by atoms with Crippen LogP contribution in [0.15, 0.2) is 18.2 Å². The van der Waals surface area contributed by atoms with Crippen LogP contribution in [0.2, 0.25) is 0 Å². The van der Waals surface area contributed by atoms with Crippen molar-refractivity contribution in [1.82, 2.24) is 10.2 Å². The fourth-order valence-electron chi connectivity index (χ4n) is 3.09. The van der Waals surface area contributed by atoms with Crippen molar-refractivity contribution in [3.05, 3.63) is 29.3 Å². The summed E-state index contributed by atoms with van der Waals surface area (Å²) in [6.07, 6.45) is 1.83. The van der Waals surface area contributed by atoms with Gasteiger partial charge in [0, 0.05) is 44.4 Å². The van der Waals surface area contributed by atoms with E-state index < -0.39 is 0 Å². The molecule has 1 aromatic carbocycles. The Hall–Kier alpha value is -1.59. The molecular formula is C16H22ClN3O2. The van der Waals surface area contributed by atoms with Crippen LogP contribution < -0.4 is 10.2 Å². The van der Waals surface area contributed by atoms with E-state index in [0.717, 1.165) is 62.4 Å². The lowest BCUT2D eigenvalue weighted by Crippen LogP contribution is -2.34. The number of hydrogen-bond acceptors (Lipinski definition) is 3. The normalized spacial score (nSPS) is 17.5. The first-order chi connectivity index (χ1) is 10.2. The summed E-state index contributed by atoms with van der Waals surface area (Å²) in [7, 11) is 0. The molecule has 0 spiro atoms. The van der Waals surface area contributed by atoms with Crippen molar-refractivity contribution in [2.24, 2.45) is 0 Å². The molecule has 1 aromatic rings. The van der Waals surface area contributed by atoms with Gasteiger partial charge in [-0.1, -0.05) is 0 Å². The summed E-state index contributed by atoms with van der Waals surface area (Å²) in [6.45, 7) is 5.70. The highest BCUT2D eigenvalue weighted by Gasteiger charge is 2.24. The van der Waals surface area contributed by atoms with Crippen molar-refractivity contribution >= 4 is 29.9 Å². The van der Waals surface area contributed by atoms with Gasteiger partial charge in [0.15, 0.2) is 0 Å². The predicted molar refractivity (Wildman–Crippen MR) is 88.8 cm³/mol. The Labute approximate surface area is 137 Å². The monoisotopic (exact) mass is 323 g/mol. The fraction of sp³-hybridized carbons (Fsp3) is 0.500. The molecule has 2 aliphatic heterocycles. The first-order valence-electron chi connectivity index (χ1n) is 7.58. The zero-order chi connectivity index (χ0) is 14.8. The van der Waals surface area contributed by atoms with Crippen LogP contribution in [-0.4, -0.2) is 49.4 Å². The van der Waals surface area contributed by atoms with Crippen LogP contribution in [0.4, 0.5) is 5.69 Å². The minimum Gasteiger partial charge on any atom is -0.337 e. The SMILES string of the molecule is CC(=O)N1CCc2cc(C(=O)N3CCCNCC3)ccc21.Cl. The third kappa shape index (κ3) is 3.25. The molecule has 0 aromatic heterocycles. The molecular weight excluding hydrogens is 302 g/mol. The summed E-state index contributed by atoms with van der Waals surface area (Å²) in [5.41, 5.74) is 2.79. The Morgan fingerprint density at radius 1 is 1.14 bits per heavy atom. The summed E-state index contributed by atoms with van der Waals surface area (Å²) >= 11 is 0. The van der Waals surface area contributed by atoms with E-state index >= 15 is 0 Å². The van der Waals surface area contributed by atoms with Crippen LogP contribution >= 0.6 is 12.4 Å². The molecule has 5 nitrogen and oxygen atoms in total. The minimum absolute atomic E-state index is 0. The largest absolute Gasteiger partial charge is 0.337 e. The number of nitrogens with zero attached hydrogens (tertiary/aromatic N) is 2. The van der Waals surface area contributed by atoms with Crippen molar-refractivity contribution in [2.75, 3.05) is 37.6 Å². The first-order valence-corrected chi connectivity index (χ1v) is 7.58. The van der Waals surface area contributed by atoms with Gasteiger partial charge in [0.05, 0.1) is 0 Å². The van der Waals surface area contributed by atoms with Crippen molar-refractivity contribution in [3.8, 4) is 0 Å². The molecule has 0 aliphatic carbocycles. The van der Waals surface area contributed by atoms with Gasteiger partial charge in [-0.25, -0.2) is 0 Å². The molecule has 22 heavy (non-hydrogen) atoms. The molecule has 1 N–H and O–H groups in total. The number of nitrogens with one attached hydrogen (secondary N) is 1.